The van der Waals surface area contributed by atoms with Crippen LogP contribution in [0.3, 0.4) is 0 Å². The summed E-state index contributed by atoms with van der Waals surface area (Å²) >= 11 is 1.92. The fraction of sp³-hybridized carbons (Fsp3) is 0.600. The predicted molar refractivity (Wildman–Crippen MR) is 78.7 cm³/mol. The monoisotopic (exact) mass is 251 g/mol. The molecule has 1 aromatic rings. The summed E-state index contributed by atoms with van der Waals surface area (Å²) in [6.07, 6.45) is 0. The average Bonchev–Trinajstić information content (AvgIpc) is 2.28. The van der Waals surface area contributed by atoms with Gasteiger partial charge in [0.05, 0.1) is 0 Å². The molecule has 0 aliphatic rings. The zero-order valence-corrected chi connectivity index (χ0v) is 12.3. The predicted octanol–water partition coefficient (Wildman–Crippen LogP) is 4.05. The smallest absolute Gasteiger partial charge is 0.0106 e. The maximum atomic E-state index is 3.54. The van der Waals surface area contributed by atoms with Crippen molar-refractivity contribution in [1.29, 1.82) is 0 Å². The minimum Gasteiger partial charge on any atom is -0.316 e. The molecule has 0 radical (unpaired) electrons. The minimum atomic E-state index is 0.402. The van der Waals surface area contributed by atoms with E-state index in [0.717, 1.165) is 18.8 Å². The molecule has 1 rings (SSSR count). The van der Waals surface area contributed by atoms with Gasteiger partial charge in [0.25, 0.3) is 0 Å². The quantitative estimate of drug-likeness (QED) is 0.604. The largest absolute Gasteiger partial charge is 0.316 e. The first-order valence-corrected chi connectivity index (χ1v) is 7.37. The van der Waals surface area contributed by atoms with E-state index >= 15 is 0 Å². The second kappa shape index (κ2) is 7.07. The average molecular weight is 251 g/mol. The van der Waals surface area contributed by atoms with Crippen LogP contribution in [-0.4, -0.2) is 18.8 Å². The molecule has 0 amide bonds. The first-order chi connectivity index (χ1) is 8.00. The lowest BCUT2D eigenvalue weighted by molar-refractivity contribution is 0.254. The van der Waals surface area contributed by atoms with Crippen molar-refractivity contribution in [2.75, 3.05) is 18.8 Å². The van der Waals surface area contributed by atoms with Gasteiger partial charge in [-0.1, -0.05) is 45.9 Å². The Morgan fingerprint density at radius 2 is 1.82 bits per heavy atom. The van der Waals surface area contributed by atoms with E-state index in [1.165, 1.54) is 4.90 Å². The van der Waals surface area contributed by atoms with Crippen molar-refractivity contribution in [3.05, 3.63) is 30.3 Å². The Morgan fingerprint density at radius 1 is 1.18 bits per heavy atom. The highest BCUT2D eigenvalue weighted by molar-refractivity contribution is 7.99. The molecule has 0 aliphatic carbocycles. The molecule has 96 valence electrons. The number of hydrogen-bond donors (Lipinski definition) is 1. The first-order valence-electron chi connectivity index (χ1n) is 6.38. The van der Waals surface area contributed by atoms with E-state index in [9.17, 15) is 0 Å². The number of rotatable bonds is 6. The van der Waals surface area contributed by atoms with Gasteiger partial charge in [0, 0.05) is 17.2 Å². The van der Waals surface area contributed by atoms with Crippen LogP contribution in [0.5, 0.6) is 0 Å². The van der Waals surface area contributed by atoms with Crippen molar-refractivity contribution < 1.29 is 0 Å². The molecular formula is C15H25NS. The van der Waals surface area contributed by atoms with Gasteiger partial charge in [-0.15, -0.1) is 11.8 Å². The van der Waals surface area contributed by atoms with E-state index in [1.54, 1.807) is 0 Å². The van der Waals surface area contributed by atoms with E-state index in [4.69, 9.17) is 0 Å². The minimum absolute atomic E-state index is 0.402. The van der Waals surface area contributed by atoms with Gasteiger partial charge < -0.3 is 5.32 Å². The molecule has 0 spiro atoms. The highest BCUT2D eigenvalue weighted by Crippen LogP contribution is 2.24. The summed E-state index contributed by atoms with van der Waals surface area (Å²) in [5, 5.41) is 3.54. The zero-order valence-electron chi connectivity index (χ0n) is 11.5. The van der Waals surface area contributed by atoms with Gasteiger partial charge in [0.2, 0.25) is 0 Å². The van der Waals surface area contributed by atoms with E-state index in [2.05, 4.69) is 63.3 Å². The molecule has 0 bridgehead atoms. The van der Waals surface area contributed by atoms with Crippen LogP contribution in [0, 0.1) is 11.3 Å². The Labute approximate surface area is 110 Å². The maximum absolute atomic E-state index is 3.54. The molecule has 0 aliphatic heterocycles. The fourth-order valence-electron chi connectivity index (χ4n) is 1.38. The highest BCUT2D eigenvalue weighted by atomic mass is 32.2. The second-order valence-corrected chi connectivity index (χ2v) is 6.80. The Balaban J connectivity index is 2.09. The van der Waals surface area contributed by atoms with Crippen LogP contribution < -0.4 is 5.32 Å². The second-order valence-electron chi connectivity index (χ2n) is 5.63. The van der Waals surface area contributed by atoms with E-state index < -0.39 is 0 Å². The molecule has 1 atom stereocenters. The number of benzene rings is 1. The van der Waals surface area contributed by atoms with Crippen molar-refractivity contribution in [3.63, 3.8) is 0 Å². The molecule has 0 fully saturated rings. The molecule has 1 unspecified atom stereocenters. The van der Waals surface area contributed by atoms with E-state index in [-0.39, 0.29) is 0 Å². The van der Waals surface area contributed by atoms with Crippen molar-refractivity contribution in [3.8, 4) is 0 Å². The van der Waals surface area contributed by atoms with Crippen LogP contribution in [0.1, 0.15) is 27.7 Å². The molecule has 1 aromatic carbocycles. The molecule has 0 aromatic heterocycles. The highest BCUT2D eigenvalue weighted by Gasteiger charge is 2.18. The maximum Gasteiger partial charge on any atom is 0.0106 e. The third-order valence-corrected chi connectivity index (χ3v) is 4.23. The number of hydrogen-bond acceptors (Lipinski definition) is 2. The topological polar surface area (TPSA) is 12.0 Å². The molecule has 0 heterocycles. The molecule has 1 nitrogen and oxygen atoms in total. The van der Waals surface area contributed by atoms with Crippen molar-refractivity contribution in [1.82, 2.24) is 5.32 Å². The van der Waals surface area contributed by atoms with Crippen LogP contribution >= 0.6 is 11.8 Å². The van der Waals surface area contributed by atoms with Gasteiger partial charge in [0.1, 0.15) is 0 Å². The lowest BCUT2D eigenvalue weighted by Gasteiger charge is -2.27. The number of thioether (sulfide) groups is 1. The lowest BCUT2D eigenvalue weighted by atomic mass is 9.82. The summed E-state index contributed by atoms with van der Waals surface area (Å²) in [5.41, 5.74) is 0.402. The Bertz CT molecular complexity index is 302. The normalized spacial score (nSPS) is 13.6. The molecule has 0 saturated carbocycles. The third-order valence-electron chi connectivity index (χ3n) is 3.22. The summed E-state index contributed by atoms with van der Waals surface area (Å²) in [4.78, 5) is 1.36. The first kappa shape index (κ1) is 14.6. The summed E-state index contributed by atoms with van der Waals surface area (Å²) in [5.74, 6) is 1.85. The van der Waals surface area contributed by atoms with Crippen LogP contribution in [0.15, 0.2) is 35.2 Å². The standard InChI is InChI=1S/C15H25NS/c1-13(15(2,3)4)12-16-10-11-17-14-8-6-5-7-9-14/h5-9,13,16H,10-12H2,1-4H3. The Hall–Kier alpha value is -0.470. The van der Waals surface area contributed by atoms with E-state index in [0.29, 0.717) is 11.3 Å². The van der Waals surface area contributed by atoms with Crippen molar-refractivity contribution >= 4 is 11.8 Å². The van der Waals surface area contributed by atoms with Gasteiger partial charge in [-0.3, -0.25) is 0 Å². The van der Waals surface area contributed by atoms with Crippen LogP contribution in [0.4, 0.5) is 0 Å². The van der Waals surface area contributed by atoms with Crippen LogP contribution in [0.25, 0.3) is 0 Å². The summed E-state index contributed by atoms with van der Waals surface area (Å²) in [7, 11) is 0. The lowest BCUT2D eigenvalue weighted by Crippen LogP contribution is -2.30. The van der Waals surface area contributed by atoms with Gasteiger partial charge in [0.15, 0.2) is 0 Å². The van der Waals surface area contributed by atoms with E-state index in [1.807, 2.05) is 11.8 Å². The fourth-order valence-corrected chi connectivity index (χ4v) is 2.21. The molecule has 17 heavy (non-hydrogen) atoms. The Morgan fingerprint density at radius 3 is 2.41 bits per heavy atom. The van der Waals surface area contributed by atoms with Crippen molar-refractivity contribution in [2.45, 2.75) is 32.6 Å². The molecule has 2 heteroatoms. The molecular weight excluding hydrogens is 226 g/mol. The van der Waals surface area contributed by atoms with Crippen LogP contribution in [-0.2, 0) is 0 Å². The Kier molecular flexibility index (Phi) is 6.07. The zero-order chi connectivity index (χ0) is 12.7. The SMILES string of the molecule is CC(CNCCSc1ccccc1)C(C)(C)C. The summed E-state index contributed by atoms with van der Waals surface area (Å²) in [6.45, 7) is 11.4. The molecule has 1 N–H and O–H groups in total. The summed E-state index contributed by atoms with van der Waals surface area (Å²) < 4.78 is 0. The van der Waals surface area contributed by atoms with Gasteiger partial charge in [-0.05, 0) is 30.0 Å². The van der Waals surface area contributed by atoms with Crippen LogP contribution in [0.2, 0.25) is 0 Å². The van der Waals surface area contributed by atoms with Gasteiger partial charge in [-0.25, -0.2) is 0 Å². The van der Waals surface area contributed by atoms with Gasteiger partial charge >= 0.3 is 0 Å². The summed E-state index contributed by atoms with van der Waals surface area (Å²) in [6, 6.07) is 10.6. The van der Waals surface area contributed by atoms with Crippen molar-refractivity contribution in [2.24, 2.45) is 11.3 Å². The number of nitrogens with one attached hydrogen (secondary N) is 1. The third kappa shape index (κ3) is 6.13. The van der Waals surface area contributed by atoms with Gasteiger partial charge in [-0.2, -0.15) is 0 Å². The molecule has 0 saturated heterocycles.